The van der Waals surface area contributed by atoms with Crippen LogP contribution in [0.15, 0.2) is 23.2 Å². The van der Waals surface area contributed by atoms with E-state index < -0.39 is 0 Å². The number of carbonyl (C=O) groups excluding carboxylic acids is 1. The molecule has 4 nitrogen and oxygen atoms in total. The number of halogens is 1. The van der Waals surface area contributed by atoms with Gasteiger partial charge < -0.3 is 4.90 Å². The van der Waals surface area contributed by atoms with Crippen LogP contribution >= 0.6 is 30.1 Å². The second kappa shape index (κ2) is 7.82. The van der Waals surface area contributed by atoms with Crippen molar-refractivity contribution in [1.29, 1.82) is 0 Å². The zero-order chi connectivity index (χ0) is 15.2. The second-order valence-corrected chi connectivity index (χ2v) is 6.55. The van der Waals surface area contributed by atoms with Crippen LogP contribution in [0, 0.1) is 18.1 Å². The summed E-state index contributed by atoms with van der Waals surface area (Å²) in [5, 5.41) is 2.97. The molecule has 0 saturated carbocycles. The van der Waals surface area contributed by atoms with Crippen molar-refractivity contribution in [3.63, 3.8) is 0 Å². The van der Waals surface area contributed by atoms with Gasteiger partial charge in [-0.15, -0.1) is 0 Å². The molecule has 0 aromatic heterocycles. The van der Waals surface area contributed by atoms with Crippen molar-refractivity contribution in [1.82, 2.24) is 9.80 Å². The minimum absolute atomic E-state index is 0.678. The van der Waals surface area contributed by atoms with Gasteiger partial charge in [-0.05, 0) is 45.9 Å². The highest BCUT2D eigenvalue weighted by atomic mass is 127. The van der Waals surface area contributed by atoms with Crippen molar-refractivity contribution in [2.45, 2.75) is 6.92 Å². The maximum absolute atomic E-state index is 11.2. The van der Waals surface area contributed by atoms with E-state index in [4.69, 9.17) is 0 Å². The SMILES string of the molecule is Cc1ccc(C#CSI)cc1N=C1CN(C)CCN1C=O. The fourth-order valence-electron chi connectivity index (χ4n) is 2.06. The van der Waals surface area contributed by atoms with E-state index >= 15 is 0 Å². The number of piperazine rings is 1. The lowest BCUT2D eigenvalue weighted by atomic mass is 10.1. The molecule has 0 atom stereocenters. The predicted molar refractivity (Wildman–Crippen MR) is 97.0 cm³/mol. The number of likely N-dealkylation sites (N-methyl/N-ethyl adjacent to an activating group) is 1. The Morgan fingerprint density at radius 3 is 2.95 bits per heavy atom. The van der Waals surface area contributed by atoms with Gasteiger partial charge in [0, 0.05) is 39.9 Å². The van der Waals surface area contributed by atoms with Gasteiger partial charge in [-0.25, -0.2) is 4.99 Å². The van der Waals surface area contributed by atoms with Crippen LogP contribution in [-0.4, -0.2) is 48.7 Å². The number of carbonyl (C=O) groups is 1. The van der Waals surface area contributed by atoms with Crippen molar-refractivity contribution in [2.24, 2.45) is 4.99 Å². The quantitative estimate of drug-likeness (QED) is 0.425. The topological polar surface area (TPSA) is 35.9 Å². The van der Waals surface area contributed by atoms with Gasteiger partial charge >= 0.3 is 0 Å². The Morgan fingerprint density at radius 2 is 2.24 bits per heavy atom. The highest BCUT2D eigenvalue weighted by Crippen LogP contribution is 2.21. The van der Waals surface area contributed by atoms with E-state index in [2.05, 4.69) is 42.3 Å². The van der Waals surface area contributed by atoms with Crippen LogP contribution in [0.25, 0.3) is 0 Å². The molecule has 110 valence electrons. The van der Waals surface area contributed by atoms with Crippen molar-refractivity contribution >= 4 is 48.1 Å². The van der Waals surface area contributed by atoms with Crippen LogP contribution in [0.2, 0.25) is 0 Å². The van der Waals surface area contributed by atoms with E-state index in [9.17, 15) is 4.79 Å². The molecule has 1 aliphatic heterocycles. The van der Waals surface area contributed by atoms with Crippen molar-refractivity contribution in [3.8, 4) is 11.2 Å². The molecular formula is C15H16IN3OS. The maximum atomic E-state index is 11.2. The van der Waals surface area contributed by atoms with Gasteiger partial charge in [0.1, 0.15) is 5.84 Å². The molecule has 0 N–H and O–H groups in total. The summed E-state index contributed by atoms with van der Waals surface area (Å²) in [5.41, 5.74) is 2.89. The summed E-state index contributed by atoms with van der Waals surface area (Å²) < 4.78 is 0. The number of hydrogen-bond donors (Lipinski definition) is 0. The Morgan fingerprint density at radius 1 is 1.43 bits per heavy atom. The first-order valence-corrected chi connectivity index (χ1v) is 9.87. The average Bonchev–Trinajstić information content (AvgIpc) is 2.48. The van der Waals surface area contributed by atoms with Crippen molar-refractivity contribution in [3.05, 3.63) is 29.3 Å². The molecule has 0 radical (unpaired) electrons. The fraction of sp³-hybridized carbons (Fsp3) is 0.333. The van der Waals surface area contributed by atoms with Gasteiger partial charge in [-0.2, -0.15) is 0 Å². The number of amides is 1. The zero-order valence-corrected chi connectivity index (χ0v) is 14.9. The summed E-state index contributed by atoms with van der Waals surface area (Å²) in [5.74, 6) is 3.86. The molecule has 1 aromatic carbocycles. The molecule has 1 aromatic rings. The van der Waals surface area contributed by atoms with Gasteiger partial charge in [-0.3, -0.25) is 9.69 Å². The average molecular weight is 413 g/mol. The summed E-state index contributed by atoms with van der Waals surface area (Å²) in [6.45, 7) is 4.25. The molecule has 1 amide bonds. The highest BCUT2D eigenvalue weighted by molar-refractivity contribution is 14.2. The summed E-state index contributed by atoms with van der Waals surface area (Å²) in [6.07, 6.45) is 0.859. The molecule has 0 aliphatic carbocycles. The Balaban J connectivity index is 2.35. The lowest BCUT2D eigenvalue weighted by molar-refractivity contribution is -0.115. The molecule has 6 heteroatoms. The van der Waals surface area contributed by atoms with E-state index in [0.29, 0.717) is 13.1 Å². The van der Waals surface area contributed by atoms with Crippen molar-refractivity contribution < 1.29 is 4.79 Å². The second-order valence-electron chi connectivity index (χ2n) is 4.87. The standard InChI is InChI=1S/C15H16IN3OS/c1-12-3-4-13(5-8-21-16)9-14(12)17-15-10-18(2)6-7-19(15)11-20/h3-4,9,11H,6-7,10H2,1-2H3. The Kier molecular flexibility index (Phi) is 6.08. The van der Waals surface area contributed by atoms with Gasteiger partial charge in [0.25, 0.3) is 0 Å². The molecular weight excluding hydrogens is 397 g/mol. The smallest absolute Gasteiger partial charge is 0.215 e. The lowest BCUT2D eigenvalue weighted by Crippen LogP contribution is -2.48. The van der Waals surface area contributed by atoms with Crippen LogP contribution in [0.4, 0.5) is 5.69 Å². The van der Waals surface area contributed by atoms with E-state index in [1.807, 2.05) is 32.2 Å². The van der Waals surface area contributed by atoms with E-state index in [-0.39, 0.29) is 0 Å². The molecule has 1 fully saturated rings. The first-order chi connectivity index (χ1) is 10.1. The maximum Gasteiger partial charge on any atom is 0.215 e. The third-order valence-electron chi connectivity index (χ3n) is 3.29. The molecule has 1 heterocycles. The summed E-state index contributed by atoms with van der Waals surface area (Å²) in [7, 11) is 3.49. The third-order valence-corrected chi connectivity index (χ3v) is 4.13. The van der Waals surface area contributed by atoms with Crippen LogP contribution in [0.3, 0.4) is 0 Å². The van der Waals surface area contributed by atoms with Crippen LogP contribution in [0.1, 0.15) is 11.1 Å². The van der Waals surface area contributed by atoms with E-state index in [1.54, 1.807) is 4.90 Å². The summed E-state index contributed by atoms with van der Waals surface area (Å²) >= 11 is 2.15. The number of aliphatic imine (C=N–C) groups is 1. The molecule has 0 spiro atoms. The number of rotatable bonds is 2. The van der Waals surface area contributed by atoms with Gasteiger partial charge in [0.15, 0.2) is 0 Å². The van der Waals surface area contributed by atoms with Gasteiger partial charge in [-0.1, -0.05) is 12.0 Å². The highest BCUT2D eigenvalue weighted by Gasteiger charge is 2.19. The first-order valence-electron chi connectivity index (χ1n) is 6.51. The Hall–Kier alpha value is -1.04. The summed E-state index contributed by atoms with van der Waals surface area (Å²) in [6, 6.07) is 5.97. The number of aryl methyl sites for hydroxylation is 1. The monoisotopic (exact) mass is 413 g/mol. The van der Waals surface area contributed by atoms with Crippen molar-refractivity contribution in [2.75, 3.05) is 26.7 Å². The number of amidine groups is 1. The largest absolute Gasteiger partial charge is 0.301 e. The summed E-state index contributed by atoms with van der Waals surface area (Å²) in [4.78, 5) is 19.7. The van der Waals surface area contributed by atoms with Gasteiger partial charge in [0.05, 0.1) is 12.2 Å². The van der Waals surface area contributed by atoms with Crippen LogP contribution in [-0.2, 0) is 4.79 Å². The zero-order valence-electron chi connectivity index (χ0n) is 12.0. The fourth-order valence-corrected chi connectivity index (χ4v) is 2.54. The predicted octanol–water partition coefficient (Wildman–Crippen LogP) is 2.82. The molecule has 21 heavy (non-hydrogen) atoms. The van der Waals surface area contributed by atoms with Gasteiger partial charge in [0.2, 0.25) is 6.41 Å². The number of hydrogen-bond acceptors (Lipinski definition) is 4. The number of benzene rings is 1. The van der Waals surface area contributed by atoms with E-state index in [1.165, 1.54) is 8.93 Å². The van der Waals surface area contributed by atoms with Crippen LogP contribution < -0.4 is 0 Å². The van der Waals surface area contributed by atoms with Crippen LogP contribution in [0.5, 0.6) is 0 Å². The normalized spacial score (nSPS) is 17.5. The third kappa shape index (κ3) is 4.46. The minimum Gasteiger partial charge on any atom is -0.301 e. The Bertz CT molecular complexity index is 621. The minimum atomic E-state index is 0.678. The van der Waals surface area contributed by atoms with E-state index in [0.717, 1.165) is 35.6 Å². The Labute approximate surface area is 141 Å². The molecule has 2 rings (SSSR count). The number of nitrogens with zero attached hydrogens (tertiary/aromatic N) is 3. The lowest BCUT2D eigenvalue weighted by Gasteiger charge is -2.31. The molecule has 1 saturated heterocycles. The molecule has 0 bridgehead atoms. The molecule has 0 unspecified atom stereocenters. The molecule has 1 aliphatic rings. The first kappa shape index (κ1) is 16.3.